The van der Waals surface area contributed by atoms with Crippen molar-refractivity contribution in [3.05, 3.63) is 65.7 Å². The summed E-state index contributed by atoms with van der Waals surface area (Å²) in [7, 11) is 1.59. The second kappa shape index (κ2) is 12.4. The Morgan fingerprint density at radius 2 is 1.74 bits per heavy atom. The molecule has 2 heterocycles. The number of piperidine rings is 1. The van der Waals surface area contributed by atoms with Gasteiger partial charge in [-0.2, -0.15) is 0 Å². The van der Waals surface area contributed by atoms with Crippen molar-refractivity contribution in [2.45, 2.75) is 31.8 Å². The Kier molecular flexibility index (Phi) is 8.83. The van der Waals surface area contributed by atoms with Gasteiger partial charge in [-0.25, -0.2) is 0 Å². The molecule has 0 radical (unpaired) electrons. The largest absolute Gasteiger partial charge is 0.497 e. The molecule has 2 saturated heterocycles. The predicted molar refractivity (Wildman–Crippen MR) is 143 cm³/mol. The minimum absolute atomic E-state index is 0.0658. The standard InChI is InChI=1S/C28H36N6O4/c1-38-23-9-7-20(8-10-23)15-24-27(37)33(17-22-5-3-2-4-6-22)19-26(36)34(24)18-25(35)31-16-21-11-13-32(14-12-21)28(29)30/h2-10,21,24H,11-19H2,1H3,(H3,29,30)(H,31,35). The Bertz CT molecular complexity index is 1130. The minimum atomic E-state index is -0.780. The van der Waals surface area contributed by atoms with Crippen LogP contribution in [0.1, 0.15) is 24.0 Å². The van der Waals surface area contributed by atoms with Crippen LogP contribution in [0.5, 0.6) is 5.75 Å². The van der Waals surface area contributed by atoms with Gasteiger partial charge in [0.2, 0.25) is 17.7 Å². The number of carbonyl (C=O) groups is 3. The highest BCUT2D eigenvalue weighted by Gasteiger charge is 2.40. The number of hydrogen-bond donors (Lipinski definition) is 3. The summed E-state index contributed by atoms with van der Waals surface area (Å²) in [6.07, 6.45) is 1.96. The second-order valence-electron chi connectivity index (χ2n) is 9.89. The van der Waals surface area contributed by atoms with Crippen molar-refractivity contribution in [1.29, 1.82) is 5.41 Å². The molecule has 2 aliphatic heterocycles. The first kappa shape index (κ1) is 27.0. The molecule has 0 spiro atoms. The topological polar surface area (TPSA) is 132 Å². The van der Waals surface area contributed by atoms with Gasteiger partial charge in [0, 0.05) is 32.6 Å². The summed E-state index contributed by atoms with van der Waals surface area (Å²) in [4.78, 5) is 44.6. The molecule has 10 nitrogen and oxygen atoms in total. The number of piperazine rings is 1. The van der Waals surface area contributed by atoms with E-state index >= 15 is 0 Å². The van der Waals surface area contributed by atoms with E-state index in [2.05, 4.69) is 5.32 Å². The SMILES string of the molecule is COc1ccc(CC2C(=O)N(Cc3ccccc3)CC(=O)N2CC(=O)NCC2CCN(C(=N)N)CC2)cc1. The lowest BCUT2D eigenvalue weighted by molar-refractivity contribution is -0.157. The summed E-state index contributed by atoms with van der Waals surface area (Å²) in [5.74, 6) is 0.361. The number of guanidine groups is 1. The zero-order valence-electron chi connectivity index (χ0n) is 21.8. The molecule has 1 atom stereocenters. The number of ether oxygens (including phenoxy) is 1. The molecule has 2 aliphatic rings. The molecule has 2 aromatic carbocycles. The number of amides is 3. The van der Waals surface area contributed by atoms with E-state index in [1.165, 1.54) is 4.90 Å². The normalized spacial score (nSPS) is 18.4. The van der Waals surface area contributed by atoms with Crippen LogP contribution in [-0.2, 0) is 27.3 Å². The number of nitrogens with zero attached hydrogens (tertiary/aromatic N) is 3. The molecular formula is C28H36N6O4. The fraction of sp³-hybridized carbons (Fsp3) is 0.429. The van der Waals surface area contributed by atoms with E-state index in [0.29, 0.717) is 38.3 Å². The number of likely N-dealkylation sites (tertiary alicyclic amines) is 1. The van der Waals surface area contributed by atoms with Crippen molar-refractivity contribution in [1.82, 2.24) is 20.0 Å². The highest BCUT2D eigenvalue weighted by Crippen LogP contribution is 2.21. The maximum Gasteiger partial charge on any atom is 0.246 e. The highest BCUT2D eigenvalue weighted by molar-refractivity contribution is 5.97. The number of nitrogens with two attached hydrogens (primary N) is 1. The molecule has 2 aromatic rings. The summed E-state index contributed by atoms with van der Waals surface area (Å²) >= 11 is 0. The fourth-order valence-corrected chi connectivity index (χ4v) is 5.02. The van der Waals surface area contributed by atoms with Crippen molar-refractivity contribution < 1.29 is 19.1 Å². The summed E-state index contributed by atoms with van der Waals surface area (Å²) in [6.45, 7) is 1.97. The van der Waals surface area contributed by atoms with Gasteiger partial charge in [-0.15, -0.1) is 0 Å². The van der Waals surface area contributed by atoms with Crippen molar-refractivity contribution in [3.8, 4) is 5.75 Å². The van der Waals surface area contributed by atoms with Crippen LogP contribution in [0.2, 0.25) is 0 Å². The van der Waals surface area contributed by atoms with E-state index in [9.17, 15) is 14.4 Å². The molecule has 0 aliphatic carbocycles. The zero-order valence-corrected chi connectivity index (χ0v) is 21.8. The van der Waals surface area contributed by atoms with Crippen LogP contribution in [-0.4, -0.2) is 84.3 Å². The summed E-state index contributed by atoms with van der Waals surface area (Å²) < 4.78 is 5.24. The zero-order chi connectivity index (χ0) is 27.1. The summed E-state index contributed by atoms with van der Waals surface area (Å²) in [5, 5.41) is 10.5. The van der Waals surface area contributed by atoms with Gasteiger partial charge in [0.25, 0.3) is 0 Å². The molecule has 1 unspecified atom stereocenters. The lowest BCUT2D eigenvalue weighted by Crippen LogP contribution is -2.62. The van der Waals surface area contributed by atoms with Crippen molar-refractivity contribution in [2.75, 3.05) is 39.8 Å². The van der Waals surface area contributed by atoms with Crippen LogP contribution in [0, 0.1) is 11.3 Å². The molecule has 0 aromatic heterocycles. The van der Waals surface area contributed by atoms with Crippen LogP contribution in [0.25, 0.3) is 0 Å². The molecule has 0 saturated carbocycles. The summed E-state index contributed by atoms with van der Waals surface area (Å²) in [5.41, 5.74) is 7.38. The van der Waals surface area contributed by atoms with E-state index in [0.717, 1.165) is 24.0 Å². The quantitative estimate of drug-likeness (QED) is 0.336. The van der Waals surface area contributed by atoms with Crippen molar-refractivity contribution in [2.24, 2.45) is 11.7 Å². The van der Waals surface area contributed by atoms with Crippen LogP contribution in [0.3, 0.4) is 0 Å². The third-order valence-corrected chi connectivity index (χ3v) is 7.28. The van der Waals surface area contributed by atoms with E-state index in [1.807, 2.05) is 59.5 Å². The molecule has 202 valence electrons. The number of carbonyl (C=O) groups excluding carboxylic acids is 3. The minimum Gasteiger partial charge on any atom is -0.497 e. The molecule has 10 heteroatoms. The Hall–Kier alpha value is -4.08. The van der Waals surface area contributed by atoms with Gasteiger partial charge in [0.1, 0.15) is 24.9 Å². The molecule has 3 amide bonds. The lowest BCUT2D eigenvalue weighted by atomic mass is 9.97. The molecule has 38 heavy (non-hydrogen) atoms. The first-order valence-corrected chi connectivity index (χ1v) is 12.9. The average Bonchev–Trinajstić information content (AvgIpc) is 2.93. The molecule has 4 N–H and O–H groups in total. The van der Waals surface area contributed by atoms with Gasteiger partial charge < -0.3 is 30.5 Å². The van der Waals surface area contributed by atoms with Gasteiger partial charge in [0.05, 0.1) is 7.11 Å². The molecule has 4 rings (SSSR count). The van der Waals surface area contributed by atoms with Crippen LogP contribution >= 0.6 is 0 Å². The number of rotatable bonds is 9. The van der Waals surface area contributed by atoms with E-state index in [-0.39, 0.29) is 42.7 Å². The summed E-state index contributed by atoms with van der Waals surface area (Å²) in [6, 6.07) is 16.2. The average molecular weight is 521 g/mol. The van der Waals surface area contributed by atoms with Gasteiger partial charge in [-0.3, -0.25) is 19.8 Å². The monoisotopic (exact) mass is 520 g/mol. The van der Waals surface area contributed by atoms with Crippen LogP contribution < -0.4 is 15.8 Å². The van der Waals surface area contributed by atoms with Gasteiger partial charge in [0.15, 0.2) is 5.96 Å². The molecule has 0 bridgehead atoms. The van der Waals surface area contributed by atoms with E-state index < -0.39 is 6.04 Å². The van der Waals surface area contributed by atoms with Crippen molar-refractivity contribution in [3.63, 3.8) is 0 Å². The molecule has 2 fully saturated rings. The van der Waals surface area contributed by atoms with E-state index in [4.69, 9.17) is 15.9 Å². The van der Waals surface area contributed by atoms with Crippen LogP contribution in [0.15, 0.2) is 54.6 Å². The second-order valence-corrected chi connectivity index (χ2v) is 9.89. The predicted octanol–water partition coefficient (Wildman–Crippen LogP) is 1.20. The van der Waals surface area contributed by atoms with Gasteiger partial charge in [-0.05, 0) is 42.0 Å². The third-order valence-electron chi connectivity index (χ3n) is 7.28. The van der Waals surface area contributed by atoms with Crippen molar-refractivity contribution >= 4 is 23.7 Å². The maximum absolute atomic E-state index is 13.6. The Labute approximate surface area is 223 Å². The Morgan fingerprint density at radius 1 is 1.05 bits per heavy atom. The highest BCUT2D eigenvalue weighted by atomic mass is 16.5. The number of hydrogen-bond acceptors (Lipinski definition) is 5. The van der Waals surface area contributed by atoms with Crippen LogP contribution in [0.4, 0.5) is 0 Å². The molecular weight excluding hydrogens is 484 g/mol. The maximum atomic E-state index is 13.6. The first-order chi connectivity index (χ1) is 18.3. The van der Waals surface area contributed by atoms with Gasteiger partial charge in [-0.1, -0.05) is 42.5 Å². The third kappa shape index (κ3) is 6.81. The van der Waals surface area contributed by atoms with Gasteiger partial charge >= 0.3 is 0 Å². The number of benzene rings is 2. The lowest BCUT2D eigenvalue weighted by Gasteiger charge is -2.40. The Balaban J connectivity index is 1.43. The number of nitrogens with one attached hydrogen (secondary N) is 2. The fourth-order valence-electron chi connectivity index (χ4n) is 5.02. The number of methoxy groups -OCH3 is 1. The first-order valence-electron chi connectivity index (χ1n) is 12.9. The smallest absolute Gasteiger partial charge is 0.246 e. The van der Waals surface area contributed by atoms with E-state index in [1.54, 1.807) is 12.0 Å². The Morgan fingerprint density at radius 3 is 2.37 bits per heavy atom.